The summed E-state index contributed by atoms with van der Waals surface area (Å²) in [5, 5.41) is 11.8. The number of benzene rings is 1. The van der Waals surface area contributed by atoms with E-state index in [9.17, 15) is 4.79 Å². The van der Waals surface area contributed by atoms with Gasteiger partial charge in [0.2, 0.25) is 0 Å². The molecule has 1 rings (SSSR count). The molecule has 72 valence electrons. The predicted molar refractivity (Wildman–Crippen MR) is 53.6 cm³/mol. The minimum absolute atomic E-state index is 0.0286. The van der Waals surface area contributed by atoms with Crippen LogP contribution in [0, 0.1) is 0 Å². The molecule has 6 heteroatoms. The number of carboxylic acid groups (broad SMARTS) is 1. The maximum Gasteiger partial charge on any atom is 0.313 e. The number of rotatable bonds is 4. The molecule has 0 saturated heterocycles. The van der Waals surface area contributed by atoms with Crippen molar-refractivity contribution < 1.29 is 9.90 Å². The van der Waals surface area contributed by atoms with Crippen LogP contribution in [-0.2, 0) is 4.79 Å². The molecule has 1 N–H and O–H groups in total. The Bertz CT molecular complexity index is 371. The van der Waals surface area contributed by atoms with Crippen molar-refractivity contribution in [1.29, 1.82) is 0 Å². The molecular formula is C8H7N3O2S. The van der Waals surface area contributed by atoms with Gasteiger partial charge >= 0.3 is 5.97 Å². The van der Waals surface area contributed by atoms with E-state index < -0.39 is 5.97 Å². The van der Waals surface area contributed by atoms with Gasteiger partial charge < -0.3 is 5.11 Å². The number of carboxylic acids is 1. The molecule has 0 aliphatic carbocycles. The second-order valence-corrected chi connectivity index (χ2v) is 3.41. The van der Waals surface area contributed by atoms with Crippen LogP contribution in [0.1, 0.15) is 0 Å². The molecule has 14 heavy (non-hydrogen) atoms. The maximum absolute atomic E-state index is 10.3. The Labute approximate surface area is 84.4 Å². The van der Waals surface area contributed by atoms with E-state index in [0.29, 0.717) is 5.69 Å². The van der Waals surface area contributed by atoms with Crippen molar-refractivity contribution in [2.24, 2.45) is 5.11 Å². The summed E-state index contributed by atoms with van der Waals surface area (Å²) in [5.41, 5.74) is 8.66. The lowest BCUT2D eigenvalue weighted by molar-refractivity contribution is -0.133. The number of hydrogen-bond acceptors (Lipinski definition) is 3. The first kappa shape index (κ1) is 10.4. The first-order valence-corrected chi connectivity index (χ1v) is 4.70. The van der Waals surface area contributed by atoms with Gasteiger partial charge in [0.15, 0.2) is 0 Å². The lowest BCUT2D eigenvalue weighted by atomic mass is 10.3. The predicted octanol–water partition coefficient (Wildman–Crippen LogP) is 2.81. The third-order valence-electron chi connectivity index (χ3n) is 1.36. The molecule has 0 aromatic heterocycles. The summed E-state index contributed by atoms with van der Waals surface area (Å²) >= 11 is 1.22. The van der Waals surface area contributed by atoms with E-state index in [1.807, 2.05) is 0 Å². The number of thioether (sulfide) groups is 1. The smallest absolute Gasteiger partial charge is 0.313 e. The first-order chi connectivity index (χ1) is 6.72. The molecule has 0 aliphatic rings. The minimum atomic E-state index is -0.853. The van der Waals surface area contributed by atoms with Crippen molar-refractivity contribution in [3.63, 3.8) is 0 Å². The molecule has 0 unspecified atom stereocenters. The Hall–Kier alpha value is -1.65. The summed E-state index contributed by atoms with van der Waals surface area (Å²) in [5.74, 6) is -0.824. The Morgan fingerprint density at radius 1 is 1.50 bits per heavy atom. The Morgan fingerprint density at radius 2 is 2.14 bits per heavy atom. The highest BCUT2D eigenvalue weighted by atomic mass is 32.2. The van der Waals surface area contributed by atoms with Crippen LogP contribution >= 0.6 is 11.8 Å². The number of azide groups is 1. The molecule has 1 aromatic rings. The Morgan fingerprint density at radius 3 is 2.64 bits per heavy atom. The number of hydrogen-bond donors (Lipinski definition) is 1. The quantitative estimate of drug-likeness (QED) is 0.358. The summed E-state index contributed by atoms with van der Waals surface area (Å²) in [7, 11) is 0. The van der Waals surface area contributed by atoms with E-state index in [1.54, 1.807) is 24.3 Å². The second kappa shape index (κ2) is 5.16. The van der Waals surface area contributed by atoms with Gasteiger partial charge in [-0.1, -0.05) is 17.2 Å². The molecule has 0 fully saturated rings. The Kier molecular flexibility index (Phi) is 3.84. The van der Waals surface area contributed by atoms with E-state index in [-0.39, 0.29) is 5.75 Å². The van der Waals surface area contributed by atoms with E-state index in [2.05, 4.69) is 10.0 Å². The van der Waals surface area contributed by atoms with Crippen molar-refractivity contribution >= 4 is 23.4 Å². The van der Waals surface area contributed by atoms with Crippen LogP contribution in [0.4, 0.5) is 5.69 Å². The van der Waals surface area contributed by atoms with Gasteiger partial charge in [-0.3, -0.25) is 4.79 Å². The molecule has 0 aliphatic heterocycles. The summed E-state index contributed by atoms with van der Waals surface area (Å²) in [6.45, 7) is 0. The topological polar surface area (TPSA) is 86.1 Å². The van der Waals surface area contributed by atoms with E-state index in [1.165, 1.54) is 11.8 Å². The van der Waals surface area contributed by atoms with Crippen LogP contribution in [0.2, 0.25) is 0 Å². The molecule has 0 bridgehead atoms. The largest absolute Gasteiger partial charge is 0.481 e. The highest BCUT2D eigenvalue weighted by Gasteiger charge is 1.98. The second-order valence-electron chi connectivity index (χ2n) is 2.37. The molecule has 0 atom stereocenters. The Balaban J connectivity index is 2.63. The minimum Gasteiger partial charge on any atom is -0.481 e. The van der Waals surface area contributed by atoms with Crippen LogP contribution < -0.4 is 0 Å². The van der Waals surface area contributed by atoms with E-state index in [4.69, 9.17) is 10.6 Å². The molecular weight excluding hydrogens is 202 g/mol. The summed E-state index contributed by atoms with van der Waals surface area (Å²) in [4.78, 5) is 13.7. The van der Waals surface area contributed by atoms with Gasteiger partial charge in [0.1, 0.15) is 0 Å². The summed E-state index contributed by atoms with van der Waals surface area (Å²) in [6, 6.07) is 6.73. The average molecular weight is 209 g/mol. The van der Waals surface area contributed by atoms with Crippen molar-refractivity contribution in [3.05, 3.63) is 34.7 Å². The van der Waals surface area contributed by atoms with Crippen LogP contribution in [0.25, 0.3) is 10.4 Å². The normalized spacial score (nSPS) is 9.14. The van der Waals surface area contributed by atoms with Crippen molar-refractivity contribution in [1.82, 2.24) is 0 Å². The van der Waals surface area contributed by atoms with Crippen LogP contribution in [0.15, 0.2) is 34.3 Å². The van der Waals surface area contributed by atoms with Gasteiger partial charge in [0.05, 0.1) is 5.75 Å². The average Bonchev–Trinajstić information content (AvgIpc) is 2.17. The van der Waals surface area contributed by atoms with E-state index in [0.717, 1.165) is 4.90 Å². The molecule has 0 heterocycles. The molecule has 0 radical (unpaired) electrons. The third kappa shape index (κ3) is 3.38. The highest BCUT2D eigenvalue weighted by molar-refractivity contribution is 8.00. The molecule has 0 amide bonds. The fourth-order valence-electron chi connectivity index (χ4n) is 0.806. The zero-order valence-electron chi connectivity index (χ0n) is 7.12. The van der Waals surface area contributed by atoms with Gasteiger partial charge in [-0.05, 0) is 17.7 Å². The fraction of sp³-hybridized carbons (Fsp3) is 0.125. The van der Waals surface area contributed by atoms with Crippen molar-refractivity contribution in [2.75, 3.05) is 5.75 Å². The monoisotopic (exact) mass is 209 g/mol. The zero-order valence-corrected chi connectivity index (χ0v) is 7.94. The summed E-state index contributed by atoms with van der Waals surface area (Å²) < 4.78 is 0. The van der Waals surface area contributed by atoms with Crippen LogP contribution in [-0.4, -0.2) is 16.8 Å². The third-order valence-corrected chi connectivity index (χ3v) is 2.36. The lowest BCUT2D eigenvalue weighted by Gasteiger charge is -1.97. The first-order valence-electron chi connectivity index (χ1n) is 3.72. The highest BCUT2D eigenvalue weighted by Crippen LogP contribution is 2.21. The number of carbonyl (C=O) groups is 1. The zero-order chi connectivity index (χ0) is 10.4. The standard InChI is InChI=1S/C8H7N3O2S/c9-11-10-6-1-3-7(4-2-6)14-5-8(12)13/h1-4H,5H2,(H,12,13). The van der Waals surface area contributed by atoms with Gasteiger partial charge in [-0.2, -0.15) is 0 Å². The van der Waals surface area contributed by atoms with E-state index >= 15 is 0 Å². The van der Waals surface area contributed by atoms with Gasteiger partial charge in [0.25, 0.3) is 0 Å². The lowest BCUT2D eigenvalue weighted by Crippen LogP contribution is -1.96. The van der Waals surface area contributed by atoms with Crippen molar-refractivity contribution in [3.8, 4) is 0 Å². The van der Waals surface area contributed by atoms with Gasteiger partial charge in [-0.25, -0.2) is 0 Å². The summed E-state index contributed by atoms with van der Waals surface area (Å²) in [6.07, 6.45) is 0. The molecule has 0 spiro atoms. The van der Waals surface area contributed by atoms with Gasteiger partial charge in [0, 0.05) is 15.5 Å². The molecule has 1 aromatic carbocycles. The number of aliphatic carboxylic acids is 1. The number of nitrogens with zero attached hydrogens (tertiary/aromatic N) is 3. The van der Waals surface area contributed by atoms with Crippen LogP contribution in [0.5, 0.6) is 0 Å². The maximum atomic E-state index is 10.3. The molecule has 0 saturated carbocycles. The fourth-order valence-corrected chi connectivity index (χ4v) is 1.42. The molecule has 5 nitrogen and oxygen atoms in total. The van der Waals surface area contributed by atoms with Gasteiger partial charge in [-0.15, -0.1) is 11.8 Å². The van der Waals surface area contributed by atoms with Crippen LogP contribution in [0.3, 0.4) is 0 Å². The SMILES string of the molecule is [N-]=[N+]=Nc1ccc(SCC(=O)O)cc1. The van der Waals surface area contributed by atoms with Crippen molar-refractivity contribution in [2.45, 2.75) is 4.90 Å².